The predicted molar refractivity (Wildman–Crippen MR) is 271 cm³/mol. The van der Waals surface area contributed by atoms with E-state index in [1.807, 2.05) is 84.8 Å². The molecule has 10 rings (SSSR count). The van der Waals surface area contributed by atoms with Crippen molar-refractivity contribution in [3.8, 4) is 10.0 Å². The largest absolute Gasteiger partial charge is 0.356 e. The van der Waals surface area contributed by atoms with Gasteiger partial charge < -0.3 is 20.2 Å². The van der Waals surface area contributed by atoms with Crippen LogP contribution in [0.3, 0.4) is 0 Å². The SMILES string of the molecule is Cc1sc2c(c1C)C(c1ccc(Cl)cc1)=N[C@@H](CC(=O)NCCc1cn(C)cn1)c1nnc(C)n1-2.Cc1sc2c(c1C)C(c1ccc(Cl)cc1)=N[C@@H](CC(=O)NCCc1ncc[nH]1)c1nnc(C)n1-2. The van der Waals surface area contributed by atoms with E-state index in [-0.39, 0.29) is 24.7 Å². The summed E-state index contributed by atoms with van der Waals surface area (Å²) in [5, 5.41) is 27.0. The van der Waals surface area contributed by atoms with E-state index in [0.29, 0.717) is 47.6 Å². The number of hydrogen-bond donors (Lipinski definition) is 3. The Labute approximate surface area is 417 Å². The van der Waals surface area contributed by atoms with Gasteiger partial charge in [-0.25, -0.2) is 9.97 Å². The summed E-state index contributed by atoms with van der Waals surface area (Å²) < 4.78 is 6.00. The molecule has 0 radical (unpaired) electrons. The molecule has 354 valence electrons. The van der Waals surface area contributed by atoms with Gasteiger partial charge in [0.15, 0.2) is 11.6 Å². The number of benzene rings is 2. The molecule has 3 N–H and O–H groups in total. The van der Waals surface area contributed by atoms with E-state index < -0.39 is 12.1 Å². The van der Waals surface area contributed by atoms with Gasteiger partial charge in [-0.3, -0.25) is 28.7 Å². The van der Waals surface area contributed by atoms with Gasteiger partial charge in [-0.05, 0) is 76.9 Å². The first kappa shape index (κ1) is 47.5. The maximum Gasteiger partial charge on any atom is 0.222 e. The molecule has 2 aliphatic rings. The fourth-order valence-corrected chi connectivity index (χ4v) is 11.1. The molecule has 16 nitrogen and oxygen atoms in total. The zero-order chi connectivity index (χ0) is 48.5. The van der Waals surface area contributed by atoms with Crippen LogP contribution in [0.25, 0.3) is 10.0 Å². The van der Waals surface area contributed by atoms with Crippen LogP contribution in [0.1, 0.15) is 103 Å². The summed E-state index contributed by atoms with van der Waals surface area (Å²) in [5.74, 6) is 3.54. The lowest BCUT2D eigenvalue weighted by atomic mass is 9.99. The van der Waals surface area contributed by atoms with Crippen molar-refractivity contribution in [2.75, 3.05) is 13.1 Å². The highest BCUT2D eigenvalue weighted by atomic mass is 35.5. The second-order valence-corrected chi connectivity index (χ2v) is 20.3. The molecular weight excluding hydrogens is 952 g/mol. The molecule has 8 aromatic rings. The van der Waals surface area contributed by atoms with Crippen LogP contribution >= 0.6 is 45.9 Å². The molecule has 20 heteroatoms. The van der Waals surface area contributed by atoms with Crippen molar-refractivity contribution in [1.29, 1.82) is 0 Å². The number of aliphatic imine (C=N–C) groups is 2. The highest BCUT2D eigenvalue weighted by molar-refractivity contribution is 7.15. The van der Waals surface area contributed by atoms with Crippen LogP contribution in [0, 0.1) is 41.5 Å². The zero-order valence-corrected chi connectivity index (χ0v) is 42.3. The van der Waals surface area contributed by atoms with Crippen LogP contribution in [0.2, 0.25) is 10.0 Å². The number of carbonyl (C=O) groups excluding carboxylic acids is 2. The first-order valence-corrected chi connectivity index (χ1v) is 24.8. The molecule has 0 spiro atoms. The van der Waals surface area contributed by atoms with Crippen LogP contribution < -0.4 is 10.6 Å². The van der Waals surface area contributed by atoms with E-state index in [1.54, 1.807) is 41.4 Å². The van der Waals surface area contributed by atoms with Gasteiger partial charge in [-0.1, -0.05) is 47.5 Å². The average molecular weight is 1000 g/mol. The van der Waals surface area contributed by atoms with Crippen LogP contribution in [0.15, 0.2) is 83.4 Å². The highest BCUT2D eigenvalue weighted by Crippen LogP contribution is 2.41. The minimum absolute atomic E-state index is 0.0875. The van der Waals surface area contributed by atoms with Crippen LogP contribution in [-0.2, 0) is 29.5 Å². The minimum Gasteiger partial charge on any atom is -0.356 e. The van der Waals surface area contributed by atoms with Crippen LogP contribution in [-0.4, -0.2) is 85.4 Å². The first-order chi connectivity index (χ1) is 33.2. The second-order valence-electron chi connectivity index (χ2n) is 17.0. The smallest absolute Gasteiger partial charge is 0.222 e. The van der Waals surface area contributed by atoms with E-state index in [0.717, 1.165) is 72.4 Å². The van der Waals surface area contributed by atoms with Crippen molar-refractivity contribution in [3.63, 3.8) is 0 Å². The lowest BCUT2D eigenvalue weighted by Gasteiger charge is -2.13. The van der Waals surface area contributed by atoms with E-state index in [2.05, 4.69) is 78.2 Å². The Bertz CT molecular complexity index is 3230. The summed E-state index contributed by atoms with van der Waals surface area (Å²) in [6.45, 7) is 13.3. The van der Waals surface area contributed by atoms with Gasteiger partial charge in [0.2, 0.25) is 11.8 Å². The molecule has 6 aromatic heterocycles. The fraction of sp³-hybridized carbons (Fsp3) is 0.306. The number of H-pyrrole nitrogens is 1. The Morgan fingerprint density at radius 2 is 1.14 bits per heavy atom. The van der Waals surface area contributed by atoms with Gasteiger partial charge in [-0.15, -0.1) is 43.1 Å². The Morgan fingerprint density at radius 3 is 1.58 bits per heavy atom. The lowest BCUT2D eigenvalue weighted by Crippen LogP contribution is -2.27. The number of nitrogens with zero attached hydrogens (tertiary/aromatic N) is 11. The first-order valence-electron chi connectivity index (χ1n) is 22.4. The van der Waals surface area contributed by atoms with E-state index in [1.165, 1.54) is 15.3 Å². The third-order valence-corrected chi connectivity index (χ3v) is 15.1. The summed E-state index contributed by atoms with van der Waals surface area (Å²) in [6.07, 6.45) is 8.82. The van der Waals surface area contributed by atoms with Gasteiger partial charge in [0, 0.05) is 93.6 Å². The summed E-state index contributed by atoms with van der Waals surface area (Å²) in [5.41, 5.74) is 8.96. The molecule has 2 aliphatic heterocycles. The number of carbonyl (C=O) groups is 2. The summed E-state index contributed by atoms with van der Waals surface area (Å²) in [7, 11) is 1.93. The van der Waals surface area contributed by atoms with Crippen molar-refractivity contribution in [2.24, 2.45) is 17.0 Å². The Balaban J connectivity index is 0.000000172. The molecule has 2 amide bonds. The molecule has 0 unspecified atom stereocenters. The molecule has 2 atom stereocenters. The topological polar surface area (TPSA) is 191 Å². The number of amides is 2. The van der Waals surface area contributed by atoms with Crippen molar-refractivity contribution < 1.29 is 9.59 Å². The number of aromatic nitrogens is 10. The molecule has 2 aromatic carbocycles. The monoisotopic (exact) mass is 1000 g/mol. The molecule has 69 heavy (non-hydrogen) atoms. The third kappa shape index (κ3) is 9.97. The van der Waals surface area contributed by atoms with Gasteiger partial charge in [0.1, 0.15) is 39.6 Å². The average Bonchev–Trinajstić information content (AvgIpc) is 4.19. The van der Waals surface area contributed by atoms with Crippen LogP contribution in [0.5, 0.6) is 0 Å². The van der Waals surface area contributed by atoms with Gasteiger partial charge in [0.05, 0.1) is 36.3 Å². The Morgan fingerprint density at radius 1 is 0.667 bits per heavy atom. The highest BCUT2D eigenvalue weighted by Gasteiger charge is 2.34. The Kier molecular flexibility index (Phi) is 13.9. The molecule has 0 bridgehead atoms. The zero-order valence-electron chi connectivity index (χ0n) is 39.1. The maximum atomic E-state index is 13.0. The molecule has 0 fully saturated rings. The molecule has 0 saturated carbocycles. The number of thiophene rings is 2. The molecule has 0 saturated heterocycles. The van der Waals surface area contributed by atoms with Crippen molar-refractivity contribution in [2.45, 2.75) is 79.3 Å². The molecule has 8 heterocycles. The van der Waals surface area contributed by atoms with E-state index >= 15 is 0 Å². The number of nitrogens with one attached hydrogen (secondary N) is 3. The van der Waals surface area contributed by atoms with Crippen LogP contribution in [0.4, 0.5) is 0 Å². The molecule has 0 aliphatic carbocycles. The quantitative estimate of drug-likeness (QED) is 0.108. The van der Waals surface area contributed by atoms with Crippen molar-refractivity contribution in [3.05, 3.63) is 161 Å². The van der Waals surface area contributed by atoms with Crippen molar-refractivity contribution >= 4 is 69.1 Å². The standard InChI is InChI=1S/C25H26ClN7OS.C24H24ClN7OS/c1-14-15(2)35-25-22(14)23(17-5-7-18(26)8-6-17)29-20(24-31-30-16(3)33(24)25)11-21(34)27-10-9-19-12-32(4)13-28-19;1-13-14(2)34-24-21(13)22(16-4-6-17(25)7-5-16)29-18(23-31-30-15(3)32(23)24)12-20(33)28-9-8-19-26-10-11-27-19/h5-8,12-13,20H,9-11H2,1-4H3,(H,27,34);4-7,10-11,18H,8-9,12H2,1-3H3,(H,26,27)(H,28,33)/t20-;18-/m00/s1. The minimum atomic E-state index is -0.477. The summed E-state index contributed by atoms with van der Waals surface area (Å²) in [6, 6.07) is 14.4. The number of rotatable bonds is 12. The molecular formula is C49H50Cl2N14O2S2. The summed E-state index contributed by atoms with van der Waals surface area (Å²) in [4.78, 5) is 50.1. The second kappa shape index (κ2) is 20.2. The normalized spacial score (nSPS) is 14.8. The van der Waals surface area contributed by atoms with Gasteiger partial charge >= 0.3 is 0 Å². The summed E-state index contributed by atoms with van der Waals surface area (Å²) >= 11 is 15.7. The Hall–Kier alpha value is -6.60. The third-order valence-electron chi connectivity index (χ3n) is 12.2. The predicted octanol–water partition coefficient (Wildman–Crippen LogP) is 8.55. The fourth-order valence-electron chi connectivity index (χ4n) is 8.44. The van der Waals surface area contributed by atoms with Crippen molar-refractivity contribution in [1.82, 2.24) is 59.7 Å². The maximum absolute atomic E-state index is 13.0. The number of aromatic amines is 1. The number of aryl methyl sites for hydroxylation is 5. The number of imidazole rings is 2. The van der Waals surface area contributed by atoms with Gasteiger partial charge in [0.25, 0.3) is 0 Å². The number of hydrogen-bond acceptors (Lipinski definition) is 12. The lowest BCUT2D eigenvalue weighted by molar-refractivity contribution is -0.122. The number of halogens is 2. The van der Waals surface area contributed by atoms with Gasteiger partial charge in [-0.2, -0.15) is 0 Å². The van der Waals surface area contributed by atoms with E-state index in [9.17, 15) is 9.59 Å². The van der Waals surface area contributed by atoms with E-state index in [4.69, 9.17) is 33.2 Å². The number of fused-ring (bicyclic) bond motifs is 6.